The van der Waals surface area contributed by atoms with Crippen LogP contribution in [0.25, 0.3) is 0 Å². The van der Waals surface area contributed by atoms with E-state index in [-0.39, 0.29) is 24.2 Å². The van der Waals surface area contributed by atoms with Crippen LogP contribution in [0.5, 0.6) is 0 Å². The van der Waals surface area contributed by atoms with Crippen molar-refractivity contribution in [3.05, 3.63) is 0 Å². The van der Waals surface area contributed by atoms with Crippen molar-refractivity contribution in [1.82, 2.24) is 9.80 Å². The lowest BCUT2D eigenvalue weighted by Gasteiger charge is -2.46. The first-order valence-corrected chi connectivity index (χ1v) is 9.08. The molecule has 0 N–H and O–H groups in total. The molecule has 0 aromatic rings. The first-order valence-electron chi connectivity index (χ1n) is 9.08. The zero-order valence-electron chi connectivity index (χ0n) is 15.3. The number of nitrogens with zero attached hydrogens (tertiary/aromatic N) is 2. The van der Waals surface area contributed by atoms with E-state index in [4.69, 9.17) is 9.47 Å². The van der Waals surface area contributed by atoms with Gasteiger partial charge in [-0.25, -0.2) is 0 Å². The van der Waals surface area contributed by atoms with Crippen LogP contribution in [0.2, 0.25) is 0 Å². The molecule has 0 aliphatic carbocycles. The molecule has 0 aromatic carbocycles. The minimum absolute atomic E-state index is 0.0155. The smallest absolute Gasteiger partial charge is 0.248 e. The van der Waals surface area contributed by atoms with Crippen LogP contribution in [-0.4, -0.2) is 74.4 Å². The highest BCUT2D eigenvalue weighted by Crippen LogP contribution is 2.36. The molecule has 0 saturated carbocycles. The Morgan fingerprint density at radius 2 is 2.04 bits per heavy atom. The van der Waals surface area contributed by atoms with Crippen LogP contribution in [0, 0.1) is 5.92 Å². The summed E-state index contributed by atoms with van der Waals surface area (Å²) < 4.78 is 12.0. The van der Waals surface area contributed by atoms with Crippen LogP contribution in [0.1, 0.15) is 46.0 Å². The van der Waals surface area contributed by atoms with E-state index in [0.717, 1.165) is 51.3 Å². The van der Waals surface area contributed by atoms with Gasteiger partial charge in [0, 0.05) is 40.2 Å². The fourth-order valence-corrected chi connectivity index (χ4v) is 3.42. The molecule has 2 rings (SSSR count). The molecular weight excluding hydrogens is 292 g/mol. The third kappa shape index (κ3) is 5.73. The van der Waals surface area contributed by atoms with Crippen molar-refractivity contribution in [2.24, 2.45) is 5.92 Å². The first-order chi connectivity index (χ1) is 10.9. The van der Waals surface area contributed by atoms with Crippen LogP contribution in [-0.2, 0) is 14.3 Å². The van der Waals surface area contributed by atoms with Crippen molar-refractivity contribution < 1.29 is 14.3 Å². The number of ether oxygens (including phenoxy) is 2. The van der Waals surface area contributed by atoms with Crippen molar-refractivity contribution in [2.45, 2.75) is 57.7 Å². The van der Waals surface area contributed by atoms with Gasteiger partial charge < -0.3 is 19.3 Å². The Kier molecular flexibility index (Phi) is 6.86. The summed E-state index contributed by atoms with van der Waals surface area (Å²) in [5.74, 6) is 0.804. The van der Waals surface area contributed by atoms with Crippen molar-refractivity contribution in [3.63, 3.8) is 0 Å². The molecule has 2 fully saturated rings. The standard InChI is InChI=1S/C18H34N2O3/c1-15(2)5-9-20-10-7-18(8-11-20)13-16(6-12-23-18)22-14-17(21)19(3)4/h15-16H,5-14H2,1-4H3. The van der Waals surface area contributed by atoms with Crippen LogP contribution in [0.4, 0.5) is 0 Å². The second-order valence-electron chi connectivity index (χ2n) is 7.77. The number of likely N-dealkylation sites (N-methyl/N-ethyl adjacent to an activating group) is 1. The molecule has 2 aliphatic rings. The molecule has 2 aliphatic heterocycles. The maximum absolute atomic E-state index is 11.7. The Morgan fingerprint density at radius 1 is 1.35 bits per heavy atom. The minimum atomic E-state index is -0.0155. The fraction of sp³-hybridized carbons (Fsp3) is 0.944. The summed E-state index contributed by atoms with van der Waals surface area (Å²) in [6.45, 7) is 8.96. The Balaban J connectivity index is 1.76. The summed E-state index contributed by atoms with van der Waals surface area (Å²) in [7, 11) is 3.54. The van der Waals surface area contributed by atoms with Crippen LogP contribution in [0.3, 0.4) is 0 Å². The van der Waals surface area contributed by atoms with Gasteiger partial charge in [-0.05, 0) is 38.1 Å². The van der Waals surface area contributed by atoms with Gasteiger partial charge in [0.1, 0.15) is 6.61 Å². The van der Waals surface area contributed by atoms with E-state index in [0.29, 0.717) is 0 Å². The highest BCUT2D eigenvalue weighted by Gasteiger charge is 2.40. The van der Waals surface area contributed by atoms with Gasteiger partial charge in [0.05, 0.1) is 11.7 Å². The molecule has 1 atom stereocenters. The van der Waals surface area contributed by atoms with E-state index >= 15 is 0 Å². The second-order valence-corrected chi connectivity index (χ2v) is 7.77. The van der Waals surface area contributed by atoms with Gasteiger partial charge in [0.25, 0.3) is 0 Å². The van der Waals surface area contributed by atoms with Crippen LogP contribution < -0.4 is 0 Å². The molecule has 134 valence electrons. The summed E-state index contributed by atoms with van der Waals surface area (Å²) in [4.78, 5) is 15.8. The van der Waals surface area contributed by atoms with E-state index in [1.807, 2.05) is 0 Å². The molecule has 1 spiro atoms. The monoisotopic (exact) mass is 326 g/mol. The SMILES string of the molecule is CC(C)CCN1CCC2(CC1)CC(OCC(=O)N(C)C)CCO2. The fourth-order valence-electron chi connectivity index (χ4n) is 3.42. The molecule has 23 heavy (non-hydrogen) atoms. The Labute approximate surface area is 141 Å². The number of piperidine rings is 1. The lowest BCUT2D eigenvalue weighted by molar-refractivity contribution is -0.162. The summed E-state index contributed by atoms with van der Waals surface area (Å²) in [6, 6.07) is 0. The predicted molar refractivity (Wildman–Crippen MR) is 91.5 cm³/mol. The van der Waals surface area contributed by atoms with Crippen molar-refractivity contribution >= 4 is 5.91 Å². The molecule has 2 heterocycles. The lowest BCUT2D eigenvalue weighted by Crippen LogP contribution is -2.51. The highest BCUT2D eigenvalue weighted by atomic mass is 16.5. The van der Waals surface area contributed by atoms with Crippen LogP contribution >= 0.6 is 0 Å². The predicted octanol–water partition coefficient (Wildman–Crippen LogP) is 2.15. The van der Waals surface area contributed by atoms with E-state index in [9.17, 15) is 4.79 Å². The van der Waals surface area contributed by atoms with Crippen molar-refractivity contribution in [3.8, 4) is 0 Å². The van der Waals surface area contributed by atoms with Gasteiger partial charge >= 0.3 is 0 Å². The molecule has 5 nitrogen and oxygen atoms in total. The summed E-state index contributed by atoms with van der Waals surface area (Å²) in [5.41, 5.74) is -0.0155. The number of carbonyl (C=O) groups is 1. The van der Waals surface area contributed by atoms with E-state index in [1.54, 1.807) is 19.0 Å². The molecule has 0 bridgehead atoms. The Hall–Kier alpha value is -0.650. The average molecular weight is 326 g/mol. The maximum Gasteiger partial charge on any atom is 0.248 e. The van der Waals surface area contributed by atoms with Gasteiger partial charge in [-0.1, -0.05) is 13.8 Å². The van der Waals surface area contributed by atoms with Crippen LogP contribution in [0.15, 0.2) is 0 Å². The molecule has 0 radical (unpaired) electrons. The molecule has 2 saturated heterocycles. The van der Waals surface area contributed by atoms with E-state index < -0.39 is 0 Å². The zero-order valence-corrected chi connectivity index (χ0v) is 15.3. The molecular formula is C18H34N2O3. The van der Waals surface area contributed by atoms with Gasteiger partial charge in [-0.2, -0.15) is 0 Å². The molecule has 1 unspecified atom stereocenters. The summed E-state index contributed by atoms with van der Waals surface area (Å²) in [5, 5.41) is 0. The third-order valence-corrected chi connectivity index (χ3v) is 5.18. The number of carbonyl (C=O) groups excluding carboxylic acids is 1. The normalized spacial score (nSPS) is 25.0. The molecule has 1 amide bonds. The molecule has 0 aromatic heterocycles. The number of hydrogen-bond acceptors (Lipinski definition) is 4. The number of hydrogen-bond donors (Lipinski definition) is 0. The molecule has 5 heteroatoms. The highest BCUT2D eigenvalue weighted by molar-refractivity contribution is 5.76. The Morgan fingerprint density at radius 3 is 2.65 bits per heavy atom. The van der Waals surface area contributed by atoms with Gasteiger partial charge in [0.2, 0.25) is 5.91 Å². The number of amides is 1. The summed E-state index contributed by atoms with van der Waals surface area (Å²) in [6.07, 6.45) is 5.45. The number of rotatable bonds is 6. The van der Waals surface area contributed by atoms with Gasteiger partial charge in [0.15, 0.2) is 0 Å². The largest absolute Gasteiger partial charge is 0.375 e. The maximum atomic E-state index is 11.7. The first kappa shape index (κ1) is 18.7. The van der Waals surface area contributed by atoms with Gasteiger partial charge in [-0.15, -0.1) is 0 Å². The van der Waals surface area contributed by atoms with Crippen molar-refractivity contribution in [1.29, 1.82) is 0 Å². The zero-order chi connectivity index (χ0) is 16.9. The second kappa shape index (κ2) is 8.45. The minimum Gasteiger partial charge on any atom is -0.375 e. The van der Waals surface area contributed by atoms with E-state index in [1.165, 1.54) is 13.0 Å². The topological polar surface area (TPSA) is 42.0 Å². The van der Waals surface area contributed by atoms with Crippen molar-refractivity contribution in [2.75, 3.05) is 46.9 Å². The lowest BCUT2D eigenvalue weighted by atomic mass is 9.83. The Bertz CT molecular complexity index is 376. The van der Waals surface area contributed by atoms with E-state index in [2.05, 4.69) is 18.7 Å². The third-order valence-electron chi connectivity index (χ3n) is 5.18. The summed E-state index contributed by atoms with van der Waals surface area (Å²) >= 11 is 0. The van der Waals surface area contributed by atoms with Gasteiger partial charge in [-0.3, -0.25) is 4.79 Å². The number of likely N-dealkylation sites (tertiary alicyclic amines) is 1. The quantitative estimate of drug-likeness (QED) is 0.750. The average Bonchev–Trinajstić information content (AvgIpc) is 2.52.